The molecule has 2 aliphatic rings. The van der Waals surface area contributed by atoms with Crippen molar-refractivity contribution in [2.24, 2.45) is 5.92 Å². The molecule has 0 bridgehead atoms. The van der Waals surface area contributed by atoms with Gasteiger partial charge in [0, 0.05) is 32.2 Å². The molecule has 5 heteroatoms. The number of rotatable bonds is 4. The fourth-order valence-electron chi connectivity index (χ4n) is 2.86. The van der Waals surface area contributed by atoms with Gasteiger partial charge in [0.05, 0.1) is 0 Å². The number of benzene rings is 1. The van der Waals surface area contributed by atoms with E-state index >= 15 is 0 Å². The molecule has 1 aromatic carbocycles. The number of halogens is 2. The molecule has 20 heavy (non-hydrogen) atoms. The molecule has 0 amide bonds. The van der Waals surface area contributed by atoms with E-state index in [4.69, 9.17) is 0 Å². The first-order valence-corrected chi connectivity index (χ1v) is 7.06. The number of hydrogen-bond donors (Lipinski definition) is 2. The molecule has 0 unspecified atom stereocenters. The highest BCUT2D eigenvalue weighted by atomic mass is 35.5. The minimum Gasteiger partial charge on any atom is -0.508 e. The van der Waals surface area contributed by atoms with Crippen LogP contribution in [0.25, 0.3) is 0 Å². The molecule has 1 aliphatic heterocycles. The van der Waals surface area contributed by atoms with Gasteiger partial charge in [0.1, 0.15) is 5.75 Å². The molecular weight excluding hydrogens is 295 g/mol. The second kappa shape index (κ2) is 8.08. The maximum absolute atomic E-state index is 9.42. The largest absolute Gasteiger partial charge is 0.508 e. The molecule has 0 spiro atoms. The summed E-state index contributed by atoms with van der Waals surface area (Å²) in [5.41, 5.74) is 1.36. The zero-order chi connectivity index (χ0) is 12.4. The Morgan fingerprint density at radius 1 is 1.10 bits per heavy atom. The van der Waals surface area contributed by atoms with Crippen LogP contribution in [0.5, 0.6) is 5.75 Å². The van der Waals surface area contributed by atoms with Gasteiger partial charge in [0.2, 0.25) is 0 Å². The van der Waals surface area contributed by atoms with Crippen LogP contribution in [0, 0.1) is 5.92 Å². The lowest BCUT2D eigenvalue weighted by Crippen LogP contribution is -2.45. The highest BCUT2D eigenvalue weighted by Gasteiger charge is 2.30. The molecule has 0 radical (unpaired) electrons. The van der Waals surface area contributed by atoms with Crippen LogP contribution in [0.1, 0.15) is 30.9 Å². The smallest absolute Gasteiger partial charge is 0.115 e. The van der Waals surface area contributed by atoms with Crippen LogP contribution in [0.4, 0.5) is 0 Å². The van der Waals surface area contributed by atoms with Crippen LogP contribution in [0.15, 0.2) is 24.3 Å². The van der Waals surface area contributed by atoms with E-state index < -0.39 is 0 Å². The topological polar surface area (TPSA) is 35.5 Å². The SMILES string of the molecule is Cl.Cl.Oc1ccc([C@@H](CC2CC2)N2CCNCC2)cc1. The van der Waals surface area contributed by atoms with E-state index in [9.17, 15) is 5.11 Å². The normalized spacial score (nSPS) is 20.6. The van der Waals surface area contributed by atoms with Crippen LogP contribution >= 0.6 is 24.8 Å². The van der Waals surface area contributed by atoms with E-state index in [1.165, 1.54) is 24.8 Å². The standard InChI is InChI=1S/C15H22N2O.2ClH/c18-14-5-3-13(4-6-14)15(11-12-1-2-12)17-9-7-16-8-10-17;;/h3-6,12,15-16,18H,1-2,7-11H2;2*1H/t15-;;/m1../s1. The lowest BCUT2D eigenvalue weighted by atomic mass is 9.98. The molecule has 114 valence electrons. The fraction of sp³-hybridized carbons (Fsp3) is 0.600. The van der Waals surface area contributed by atoms with E-state index in [1.54, 1.807) is 0 Å². The van der Waals surface area contributed by atoms with Gasteiger partial charge < -0.3 is 10.4 Å². The van der Waals surface area contributed by atoms with Crippen molar-refractivity contribution in [1.29, 1.82) is 0 Å². The Morgan fingerprint density at radius 3 is 2.25 bits per heavy atom. The van der Waals surface area contributed by atoms with Crippen LogP contribution in [0.3, 0.4) is 0 Å². The Hall–Kier alpha value is -0.480. The van der Waals surface area contributed by atoms with Gasteiger partial charge in [-0.3, -0.25) is 4.90 Å². The van der Waals surface area contributed by atoms with Gasteiger partial charge in [-0.1, -0.05) is 25.0 Å². The molecule has 1 saturated carbocycles. The van der Waals surface area contributed by atoms with Gasteiger partial charge in [0.25, 0.3) is 0 Å². The van der Waals surface area contributed by atoms with E-state index in [1.807, 2.05) is 12.1 Å². The molecule has 1 atom stereocenters. The molecule has 2 N–H and O–H groups in total. The van der Waals surface area contributed by atoms with Crippen molar-refractivity contribution in [3.63, 3.8) is 0 Å². The molecule has 2 fully saturated rings. The summed E-state index contributed by atoms with van der Waals surface area (Å²) in [4.78, 5) is 2.60. The second-order valence-corrected chi connectivity index (χ2v) is 5.57. The summed E-state index contributed by atoms with van der Waals surface area (Å²) in [7, 11) is 0. The molecule has 1 aromatic rings. The molecule has 3 nitrogen and oxygen atoms in total. The number of hydrogen-bond acceptors (Lipinski definition) is 3. The third-order valence-corrected chi connectivity index (χ3v) is 4.12. The van der Waals surface area contributed by atoms with Gasteiger partial charge in [-0.2, -0.15) is 0 Å². The lowest BCUT2D eigenvalue weighted by molar-refractivity contribution is 0.160. The maximum Gasteiger partial charge on any atom is 0.115 e. The van der Waals surface area contributed by atoms with Crippen molar-refractivity contribution in [2.75, 3.05) is 26.2 Å². The van der Waals surface area contributed by atoms with Gasteiger partial charge in [-0.15, -0.1) is 24.8 Å². The van der Waals surface area contributed by atoms with Gasteiger partial charge in [-0.05, 0) is 30.0 Å². The summed E-state index contributed by atoms with van der Waals surface area (Å²) in [6.45, 7) is 4.47. The number of nitrogens with zero attached hydrogens (tertiary/aromatic N) is 1. The van der Waals surface area contributed by atoms with E-state index in [-0.39, 0.29) is 24.8 Å². The molecular formula is C15H24Cl2N2O. The first-order chi connectivity index (χ1) is 8.83. The zero-order valence-electron chi connectivity index (χ0n) is 11.6. The monoisotopic (exact) mass is 318 g/mol. The Labute approximate surface area is 133 Å². The molecule has 1 aliphatic carbocycles. The van der Waals surface area contributed by atoms with Crippen LogP contribution in [-0.2, 0) is 0 Å². The lowest BCUT2D eigenvalue weighted by Gasteiger charge is -2.35. The zero-order valence-corrected chi connectivity index (χ0v) is 13.3. The van der Waals surface area contributed by atoms with Crippen LogP contribution in [-0.4, -0.2) is 36.2 Å². The Morgan fingerprint density at radius 2 is 1.70 bits per heavy atom. The predicted molar refractivity (Wildman–Crippen MR) is 87.1 cm³/mol. The number of piperazine rings is 1. The van der Waals surface area contributed by atoms with Gasteiger partial charge in [0.15, 0.2) is 0 Å². The van der Waals surface area contributed by atoms with E-state index in [0.29, 0.717) is 11.8 Å². The maximum atomic E-state index is 9.42. The van der Waals surface area contributed by atoms with Crippen molar-refractivity contribution < 1.29 is 5.11 Å². The second-order valence-electron chi connectivity index (χ2n) is 5.57. The Bertz CT molecular complexity index is 389. The highest BCUT2D eigenvalue weighted by Crippen LogP contribution is 2.40. The first kappa shape index (κ1) is 17.6. The Kier molecular flexibility index (Phi) is 7.10. The summed E-state index contributed by atoms with van der Waals surface area (Å²) in [5, 5.41) is 12.8. The van der Waals surface area contributed by atoms with Gasteiger partial charge in [-0.25, -0.2) is 0 Å². The van der Waals surface area contributed by atoms with Crippen molar-refractivity contribution in [3.8, 4) is 5.75 Å². The summed E-state index contributed by atoms with van der Waals surface area (Å²) >= 11 is 0. The number of phenols is 1. The molecule has 1 heterocycles. The number of phenolic OH excluding ortho intramolecular Hbond substituents is 1. The van der Waals surface area contributed by atoms with Crippen LogP contribution < -0.4 is 5.32 Å². The predicted octanol–water partition coefficient (Wildman–Crippen LogP) is 2.98. The third-order valence-electron chi connectivity index (χ3n) is 4.12. The average molecular weight is 319 g/mol. The van der Waals surface area contributed by atoms with E-state index in [2.05, 4.69) is 22.3 Å². The van der Waals surface area contributed by atoms with Crippen molar-refractivity contribution in [3.05, 3.63) is 29.8 Å². The van der Waals surface area contributed by atoms with Gasteiger partial charge >= 0.3 is 0 Å². The highest BCUT2D eigenvalue weighted by molar-refractivity contribution is 5.85. The minimum atomic E-state index is 0. The minimum absolute atomic E-state index is 0. The summed E-state index contributed by atoms with van der Waals surface area (Å²) in [5.74, 6) is 1.29. The molecule has 1 saturated heterocycles. The van der Waals surface area contributed by atoms with Crippen LogP contribution in [0.2, 0.25) is 0 Å². The first-order valence-electron chi connectivity index (χ1n) is 7.06. The summed E-state index contributed by atoms with van der Waals surface area (Å²) < 4.78 is 0. The molecule has 3 rings (SSSR count). The quantitative estimate of drug-likeness (QED) is 0.896. The third kappa shape index (κ3) is 4.52. The summed E-state index contributed by atoms with van der Waals surface area (Å²) in [6, 6.07) is 8.35. The number of aromatic hydroxyl groups is 1. The number of nitrogens with one attached hydrogen (secondary N) is 1. The van der Waals surface area contributed by atoms with Crippen molar-refractivity contribution >= 4 is 24.8 Å². The van der Waals surface area contributed by atoms with Crippen molar-refractivity contribution in [2.45, 2.75) is 25.3 Å². The summed E-state index contributed by atoms with van der Waals surface area (Å²) in [6.07, 6.45) is 4.09. The van der Waals surface area contributed by atoms with E-state index in [0.717, 1.165) is 32.1 Å². The molecule has 0 aromatic heterocycles. The average Bonchev–Trinajstić information content (AvgIpc) is 3.22. The fourth-order valence-corrected chi connectivity index (χ4v) is 2.86. The van der Waals surface area contributed by atoms with Crippen molar-refractivity contribution in [1.82, 2.24) is 10.2 Å². The Balaban J connectivity index is 0.000001000.